The molecule has 134 valence electrons. The van der Waals surface area contributed by atoms with Crippen LogP contribution in [0, 0.1) is 0 Å². The van der Waals surface area contributed by atoms with E-state index in [1.54, 1.807) is 30.5 Å². The van der Waals surface area contributed by atoms with Gasteiger partial charge in [-0.15, -0.1) is 0 Å². The van der Waals surface area contributed by atoms with Gasteiger partial charge in [-0.1, -0.05) is 0 Å². The molecule has 1 amide bonds. The summed E-state index contributed by atoms with van der Waals surface area (Å²) in [5.41, 5.74) is 0. The Morgan fingerprint density at radius 2 is 2.16 bits per heavy atom. The summed E-state index contributed by atoms with van der Waals surface area (Å²) in [5, 5.41) is 3.27. The van der Waals surface area contributed by atoms with Gasteiger partial charge in [-0.2, -0.15) is 0 Å². The van der Waals surface area contributed by atoms with Crippen LogP contribution >= 0.6 is 0 Å². The lowest BCUT2D eigenvalue weighted by Crippen LogP contribution is -2.49. The Morgan fingerprint density at radius 1 is 1.32 bits per heavy atom. The number of carbonyl (C=O) groups is 1. The number of nitrogens with one attached hydrogen (secondary N) is 1. The maximum absolute atomic E-state index is 12.3. The van der Waals surface area contributed by atoms with Crippen LogP contribution in [-0.2, 0) is 4.74 Å². The molecule has 2 aromatic heterocycles. The second kappa shape index (κ2) is 8.48. The Bertz CT molecular complexity index is 669. The molecule has 8 heteroatoms. The quantitative estimate of drug-likeness (QED) is 0.761. The van der Waals surface area contributed by atoms with Gasteiger partial charge < -0.3 is 24.3 Å². The molecule has 25 heavy (non-hydrogen) atoms. The van der Waals surface area contributed by atoms with Crippen LogP contribution in [0.1, 0.15) is 17.0 Å². The fraction of sp³-hybridized carbons (Fsp3) is 0.471. The van der Waals surface area contributed by atoms with Gasteiger partial charge in [0.25, 0.3) is 5.91 Å². The van der Waals surface area contributed by atoms with E-state index in [1.165, 1.54) is 6.26 Å². The number of furan rings is 1. The van der Waals surface area contributed by atoms with Crippen molar-refractivity contribution in [3.05, 3.63) is 36.5 Å². The van der Waals surface area contributed by atoms with Gasteiger partial charge in [-0.3, -0.25) is 4.79 Å². The Hall–Kier alpha value is -2.61. The minimum Gasteiger partial charge on any atom is -0.459 e. The normalized spacial score (nSPS) is 14.6. The highest BCUT2D eigenvalue weighted by Gasteiger charge is 2.24. The summed E-state index contributed by atoms with van der Waals surface area (Å²) in [6, 6.07) is 5.36. The van der Waals surface area contributed by atoms with E-state index in [-0.39, 0.29) is 5.91 Å². The highest BCUT2D eigenvalue weighted by molar-refractivity contribution is 5.91. The minimum atomic E-state index is -0.0622. The average Bonchev–Trinajstić information content (AvgIpc) is 3.20. The van der Waals surface area contributed by atoms with Crippen LogP contribution in [0.25, 0.3) is 0 Å². The fourth-order valence-corrected chi connectivity index (χ4v) is 2.74. The number of piperazine rings is 1. The Morgan fingerprint density at radius 3 is 2.88 bits per heavy atom. The summed E-state index contributed by atoms with van der Waals surface area (Å²) in [6.45, 7) is 4.26. The second-order valence-electron chi connectivity index (χ2n) is 5.79. The monoisotopic (exact) mass is 345 g/mol. The van der Waals surface area contributed by atoms with Gasteiger partial charge in [0.2, 0.25) is 0 Å². The number of hydrogen-bond acceptors (Lipinski definition) is 7. The second-order valence-corrected chi connectivity index (χ2v) is 5.79. The minimum absolute atomic E-state index is 0.0622. The molecule has 0 bridgehead atoms. The third-order valence-electron chi connectivity index (χ3n) is 4.11. The molecule has 2 aromatic rings. The van der Waals surface area contributed by atoms with Crippen LogP contribution < -0.4 is 10.2 Å². The van der Waals surface area contributed by atoms with Gasteiger partial charge in [-0.05, 0) is 18.6 Å². The molecule has 0 aliphatic carbocycles. The van der Waals surface area contributed by atoms with Crippen molar-refractivity contribution in [2.75, 3.05) is 56.7 Å². The number of amides is 1. The van der Waals surface area contributed by atoms with Gasteiger partial charge in [-0.25, -0.2) is 9.97 Å². The molecule has 8 nitrogen and oxygen atoms in total. The summed E-state index contributed by atoms with van der Waals surface area (Å²) < 4.78 is 10.2. The van der Waals surface area contributed by atoms with Crippen LogP contribution in [0.15, 0.2) is 35.2 Å². The summed E-state index contributed by atoms with van der Waals surface area (Å²) in [5.74, 6) is 2.00. The number of nitrogens with zero attached hydrogens (tertiary/aromatic N) is 4. The zero-order valence-electron chi connectivity index (χ0n) is 14.4. The maximum atomic E-state index is 12.3. The van der Waals surface area contributed by atoms with E-state index < -0.39 is 0 Å². The number of aromatic nitrogens is 2. The number of ether oxygens (including phenoxy) is 1. The molecule has 0 atom stereocenters. The molecule has 1 fully saturated rings. The predicted octanol–water partition coefficient (Wildman–Crippen LogP) is 1.48. The van der Waals surface area contributed by atoms with Crippen LogP contribution in [0.4, 0.5) is 11.6 Å². The van der Waals surface area contributed by atoms with Crippen LogP contribution in [0.3, 0.4) is 0 Å². The first-order valence-electron chi connectivity index (χ1n) is 8.40. The lowest BCUT2D eigenvalue weighted by molar-refractivity contribution is 0.0714. The number of rotatable bonds is 7. The van der Waals surface area contributed by atoms with Gasteiger partial charge in [0, 0.05) is 52.5 Å². The van der Waals surface area contributed by atoms with E-state index in [4.69, 9.17) is 9.15 Å². The number of carbonyl (C=O) groups excluding carboxylic acids is 1. The van der Waals surface area contributed by atoms with E-state index in [9.17, 15) is 4.79 Å². The van der Waals surface area contributed by atoms with Gasteiger partial charge >= 0.3 is 0 Å². The van der Waals surface area contributed by atoms with E-state index in [2.05, 4.69) is 20.2 Å². The Balaban J connectivity index is 1.53. The van der Waals surface area contributed by atoms with Crippen molar-refractivity contribution >= 4 is 17.5 Å². The first kappa shape index (κ1) is 17.2. The van der Waals surface area contributed by atoms with Crippen molar-refractivity contribution in [3.63, 3.8) is 0 Å². The largest absolute Gasteiger partial charge is 0.459 e. The Labute approximate surface area is 146 Å². The van der Waals surface area contributed by atoms with E-state index in [0.717, 1.165) is 44.3 Å². The molecule has 1 N–H and O–H groups in total. The van der Waals surface area contributed by atoms with E-state index in [1.807, 2.05) is 6.07 Å². The molecule has 0 unspecified atom stereocenters. The van der Waals surface area contributed by atoms with Crippen LogP contribution in [-0.4, -0.2) is 67.2 Å². The lowest BCUT2D eigenvalue weighted by Gasteiger charge is -2.35. The first-order chi connectivity index (χ1) is 12.3. The van der Waals surface area contributed by atoms with Crippen molar-refractivity contribution in [2.24, 2.45) is 0 Å². The van der Waals surface area contributed by atoms with E-state index in [0.29, 0.717) is 18.8 Å². The molecule has 0 spiro atoms. The molecule has 0 radical (unpaired) electrons. The third kappa shape index (κ3) is 4.48. The molecular formula is C17H23N5O3. The van der Waals surface area contributed by atoms with Crippen LogP contribution in [0.5, 0.6) is 0 Å². The lowest BCUT2D eigenvalue weighted by atomic mass is 10.3. The zero-order chi connectivity index (χ0) is 17.5. The highest BCUT2D eigenvalue weighted by Crippen LogP contribution is 2.17. The van der Waals surface area contributed by atoms with Crippen molar-refractivity contribution in [3.8, 4) is 0 Å². The van der Waals surface area contributed by atoms with Crippen molar-refractivity contribution in [1.29, 1.82) is 0 Å². The topological polar surface area (TPSA) is 83.7 Å². The summed E-state index contributed by atoms with van der Waals surface area (Å²) in [6.07, 6.45) is 4.00. The van der Waals surface area contributed by atoms with Gasteiger partial charge in [0.1, 0.15) is 18.0 Å². The van der Waals surface area contributed by atoms with Gasteiger partial charge in [0.15, 0.2) is 5.76 Å². The maximum Gasteiger partial charge on any atom is 0.289 e. The number of anilines is 2. The van der Waals surface area contributed by atoms with Crippen molar-refractivity contribution in [2.45, 2.75) is 6.42 Å². The number of methoxy groups -OCH3 is 1. The fourth-order valence-electron chi connectivity index (χ4n) is 2.74. The zero-order valence-corrected chi connectivity index (χ0v) is 14.4. The molecule has 1 aliphatic heterocycles. The summed E-state index contributed by atoms with van der Waals surface area (Å²) in [4.78, 5) is 24.9. The predicted molar refractivity (Wildman–Crippen MR) is 93.8 cm³/mol. The van der Waals surface area contributed by atoms with Crippen molar-refractivity contribution < 1.29 is 13.9 Å². The van der Waals surface area contributed by atoms with Crippen LogP contribution in [0.2, 0.25) is 0 Å². The summed E-state index contributed by atoms with van der Waals surface area (Å²) >= 11 is 0. The number of hydrogen-bond donors (Lipinski definition) is 1. The molecule has 3 heterocycles. The standard InChI is InChI=1S/C17H23N5O3/c1-24-10-3-5-18-15-12-16(20-13-19-15)21-6-8-22(9-7-21)17(23)14-4-2-11-25-14/h2,4,11-13H,3,5-10H2,1H3,(H,18,19,20). The van der Waals surface area contributed by atoms with E-state index >= 15 is 0 Å². The molecule has 1 saturated heterocycles. The molecule has 1 aliphatic rings. The van der Waals surface area contributed by atoms with Crippen molar-refractivity contribution in [1.82, 2.24) is 14.9 Å². The smallest absolute Gasteiger partial charge is 0.289 e. The average molecular weight is 345 g/mol. The molecule has 0 saturated carbocycles. The SMILES string of the molecule is COCCCNc1cc(N2CCN(C(=O)c3ccco3)CC2)ncn1. The first-order valence-corrected chi connectivity index (χ1v) is 8.40. The summed E-state index contributed by atoms with van der Waals surface area (Å²) in [7, 11) is 1.69. The Kier molecular flexibility index (Phi) is 5.84. The molecular weight excluding hydrogens is 322 g/mol. The molecule has 3 rings (SSSR count). The highest BCUT2D eigenvalue weighted by atomic mass is 16.5. The third-order valence-corrected chi connectivity index (χ3v) is 4.11. The van der Waals surface area contributed by atoms with Gasteiger partial charge in [0.05, 0.1) is 6.26 Å². The molecule has 0 aromatic carbocycles.